The molecule has 0 heterocycles. The van der Waals surface area contributed by atoms with Gasteiger partial charge in [0.15, 0.2) is 6.61 Å². The Hall–Kier alpha value is -2.04. The third kappa shape index (κ3) is 6.77. The monoisotopic (exact) mass is 362 g/mol. The Morgan fingerprint density at radius 3 is 2.36 bits per heavy atom. The Kier molecular flexibility index (Phi) is 9.03. The highest BCUT2D eigenvalue weighted by molar-refractivity contribution is 5.85. The lowest BCUT2D eigenvalue weighted by atomic mass is 10.0. The van der Waals surface area contributed by atoms with E-state index in [1.54, 1.807) is 0 Å². The average molecular weight is 363 g/mol. The minimum atomic E-state index is -0.144. The van der Waals surface area contributed by atoms with Gasteiger partial charge < -0.3 is 15.8 Å². The van der Waals surface area contributed by atoms with Gasteiger partial charge in [-0.2, -0.15) is 0 Å². The van der Waals surface area contributed by atoms with Crippen molar-refractivity contribution in [3.8, 4) is 16.9 Å². The van der Waals surface area contributed by atoms with Crippen molar-refractivity contribution in [3.63, 3.8) is 0 Å². The van der Waals surface area contributed by atoms with Gasteiger partial charge in [0.05, 0.1) is 0 Å². The summed E-state index contributed by atoms with van der Waals surface area (Å²) in [6.07, 6.45) is 0.864. The lowest BCUT2D eigenvalue weighted by Crippen LogP contribution is -2.43. The molecule has 1 amide bonds. The van der Waals surface area contributed by atoms with Crippen LogP contribution in [0, 0.1) is 5.92 Å². The molecule has 0 aliphatic rings. The summed E-state index contributed by atoms with van der Waals surface area (Å²) in [6, 6.07) is 17.7. The van der Waals surface area contributed by atoms with Gasteiger partial charge >= 0.3 is 0 Å². The fraction of sp³-hybridized carbons (Fsp3) is 0.350. The lowest BCUT2D eigenvalue weighted by molar-refractivity contribution is -0.123. The van der Waals surface area contributed by atoms with E-state index in [4.69, 9.17) is 10.5 Å². The van der Waals surface area contributed by atoms with E-state index >= 15 is 0 Å². The summed E-state index contributed by atoms with van der Waals surface area (Å²) in [4.78, 5) is 12.1. The number of nitrogens with one attached hydrogen (secondary N) is 1. The topological polar surface area (TPSA) is 64.3 Å². The molecule has 0 saturated carbocycles. The zero-order valence-corrected chi connectivity index (χ0v) is 15.6. The number of para-hydroxylation sites is 1. The highest BCUT2D eigenvalue weighted by Crippen LogP contribution is 2.29. The first-order valence-corrected chi connectivity index (χ1v) is 8.36. The molecule has 1 unspecified atom stereocenters. The van der Waals surface area contributed by atoms with Gasteiger partial charge in [-0.1, -0.05) is 62.4 Å². The van der Waals surface area contributed by atoms with E-state index in [2.05, 4.69) is 19.2 Å². The number of halogens is 1. The van der Waals surface area contributed by atoms with E-state index in [-0.39, 0.29) is 31.0 Å². The van der Waals surface area contributed by atoms with E-state index in [9.17, 15) is 4.79 Å². The summed E-state index contributed by atoms with van der Waals surface area (Å²) in [5.74, 6) is 1.04. The van der Waals surface area contributed by atoms with Crippen LogP contribution in [0.25, 0.3) is 11.1 Å². The molecule has 0 bridgehead atoms. The zero-order valence-electron chi connectivity index (χ0n) is 14.8. The van der Waals surface area contributed by atoms with Gasteiger partial charge in [-0.05, 0) is 24.0 Å². The molecule has 0 aliphatic heterocycles. The SMILES string of the molecule is CC(C)CC(CN)NC(=O)COc1ccccc1-c1ccccc1.Cl. The molecule has 0 spiro atoms. The molecular weight excluding hydrogens is 336 g/mol. The van der Waals surface area contributed by atoms with Crippen molar-refractivity contribution in [3.05, 3.63) is 54.6 Å². The normalized spacial score (nSPS) is 11.5. The Balaban J connectivity index is 0.00000312. The Labute approximate surface area is 156 Å². The van der Waals surface area contributed by atoms with Crippen molar-refractivity contribution in [2.24, 2.45) is 11.7 Å². The number of hydrogen-bond acceptors (Lipinski definition) is 3. The van der Waals surface area contributed by atoms with E-state index in [0.717, 1.165) is 17.5 Å². The molecule has 0 aliphatic carbocycles. The van der Waals surface area contributed by atoms with Gasteiger partial charge in [-0.15, -0.1) is 12.4 Å². The molecule has 136 valence electrons. The standard InChI is InChI=1S/C20H26N2O2.ClH/c1-15(2)12-17(13-21)22-20(23)14-24-19-11-7-6-10-18(19)16-8-4-3-5-9-16;/h3-11,15,17H,12-14,21H2,1-2H3,(H,22,23);1H. The number of carbonyl (C=O) groups excluding carboxylic acids is 1. The van der Waals surface area contributed by atoms with Gasteiger partial charge in [0.2, 0.25) is 0 Å². The molecule has 1 atom stereocenters. The molecule has 0 aromatic heterocycles. The van der Waals surface area contributed by atoms with Gasteiger partial charge in [-0.3, -0.25) is 4.79 Å². The van der Waals surface area contributed by atoms with Crippen LogP contribution in [-0.2, 0) is 4.79 Å². The summed E-state index contributed by atoms with van der Waals surface area (Å²) in [6.45, 7) is 4.64. The van der Waals surface area contributed by atoms with Crippen LogP contribution < -0.4 is 15.8 Å². The molecule has 5 heteroatoms. The number of nitrogens with two attached hydrogens (primary N) is 1. The van der Waals surface area contributed by atoms with Crippen molar-refractivity contribution in [2.45, 2.75) is 26.3 Å². The number of ether oxygens (including phenoxy) is 1. The highest BCUT2D eigenvalue weighted by atomic mass is 35.5. The van der Waals surface area contributed by atoms with E-state index < -0.39 is 0 Å². The van der Waals surface area contributed by atoms with Crippen LogP contribution >= 0.6 is 12.4 Å². The fourth-order valence-electron chi connectivity index (χ4n) is 2.64. The van der Waals surface area contributed by atoms with Crippen molar-refractivity contribution in [1.82, 2.24) is 5.32 Å². The summed E-state index contributed by atoms with van der Waals surface area (Å²) in [5.41, 5.74) is 7.76. The summed E-state index contributed by atoms with van der Waals surface area (Å²) >= 11 is 0. The number of benzene rings is 2. The third-order valence-electron chi connectivity index (χ3n) is 3.74. The maximum absolute atomic E-state index is 12.1. The predicted octanol–water partition coefficient (Wildman–Crippen LogP) is 3.64. The Morgan fingerprint density at radius 2 is 1.72 bits per heavy atom. The fourth-order valence-corrected chi connectivity index (χ4v) is 2.64. The van der Waals surface area contributed by atoms with Gasteiger partial charge in [0, 0.05) is 18.2 Å². The van der Waals surface area contributed by atoms with Crippen LogP contribution in [0.4, 0.5) is 0 Å². The van der Waals surface area contributed by atoms with Crippen LogP contribution in [0.5, 0.6) is 5.75 Å². The summed E-state index contributed by atoms with van der Waals surface area (Å²) in [7, 11) is 0. The minimum Gasteiger partial charge on any atom is -0.483 e. The molecule has 0 saturated heterocycles. The maximum Gasteiger partial charge on any atom is 0.258 e. The second-order valence-corrected chi connectivity index (χ2v) is 6.28. The number of amides is 1. The molecule has 3 N–H and O–H groups in total. The second-order valence-electron chi connectivity index (χ2n) is 6.28. The number of carbonyl (C=O) groups is 1. The minimum absolute atomic E-state index is 0. The first-order chi connectivity index (χ1) is 11.6. The number of rotatable bonds is 8. The van der Waals surface area contributed by atoms with E-state index in [1.165, 1.54) is 0 Å². The van der Waals surface area contributed by atoms with Crippen molar-refractivity contribution >= 4 is 18.3 Å². The third-order valence-corrected chi connectivity index (χ3v) is 3.74. The second kappa shape index (κ2) is 10.7. The Bertz CT molecular complexity index is 647. The van der Waals surface area contributed by atoms with Crippen molar-refractivity contribution < 1.29 is 9.53 Å². The zero-order chi connectivity index (χ0) is 17.4. The largest absolute Gasteiger partial charge is 0.483 e. The van der Waals surface area contributed by atoms with E-state index in [0.29, 0.717) is 18.2 Å². The highest BCUT2D eigenvalue weighted by Gasteiger charge is 2.13. The first-order valence-electron chi connectivity index (χ1n) is 8.36. The van der Waals surface area contributed by atoms with E-state index in [1.807, 2.05) is 54.6 Å². The smallest absolute Gasteiger partial charge is 0.258 e. The van der Waals surface area contributed by atoms with Crippen LogP contribution in [-0.4, -0.2) is 25.1 Å². The van der Waals surface area contributed by atoms with Gasteiger partial charge in [0.25, 0.3) is 5.91 Å². The summed E-state index contributed by atoms with van der Waals surface area (Å²) < 4.78 is 5.75. The Morgan fingerprint density at radius 1 is 1.08 bits per heavy atom. The molecular formula is C20H27ClN2O2. The maximum atomic E-state index is 12.1. The number of hydrogen-bond donors (Lipinski definition) is 2. The van der Waals surface area contributed by atoms with Crippen LogP contribution in [0.3, 0.4) is 0 Å². The van der Waals surface area contributed by atoms with Gasteiger partial charge in [-0.25, -0.2) is 0 Å². The molecule has 4 nitrogen and oxygen atoms in total. The van der Waals surface area contributed by atoms with Crippen molar-refractivity contribution in [2.75, 3.05) is 13.2 Å². The van der Waals surface area contributed by atoms with Crippen LogP contribution in [0.2, 0.25) is 0 Å². The van der Waals surface area contributed by atoms with Crippen LogP contribution in [0.15, 0.2) is 54.6 Å². The van der Waals surface area contributed by atoms with Crippen LogP contribution in [0.1, 0.15) is 20.3 Å². The molecule has 0 radical (unpaired) electrons. The molecule has 2 rings (SSSR count). The summed E-state index contributed by atoms with van der Waals surface area (Å²) in [5, 5.41) is 2.94. The molecule has 2 aromatic rings. The average Bonchev–Trinajstić information content (AvgIpc) is 2.60. The lowest BCUT2D eigenvalue weighted by Gasteiger charge is -2.19. The quantitative estimate of drug-likeness (QED) is 0.753. The van der Waals surface area contributed by atoms with Gasteiger partial charge in [0.1, 0.15) is 5.75 Å². The first kappa shape index (κ1) is 21.0. The molecule has 2 aromatic carbocycles. The molecule has 0 fully saturated rings. The molecule has 25 heavy (non-hydrogen) atoms. The van der Waals surface area contributed by atoms with Crippen molar-refractivity contribution in [1.29, 1.82) is 0 Å². The predicted molar refractivity (Wildman–Crippen MR) is 105 cm³/mol.